The van der Waals surface area contributed by atoms with Crippen LogP contribution in [0, 0.1) is 6.92 Å². The summed E-state index contributed by atoms with van der Waals surface area (Å²) in [5.41, 5.74) is 2.62. The van der Waals surface area contributed by atoms with Crippen LogP contribution in [0.4, 0.5) is 10.5 Å². The molecule has 1 aromatic carbocycles. The van der Waals surface area contributed by atoms with Crippen molar-refractivity contribution in [2.75, 3.05) is 26.1 Å². The molecule has 0 bridgehead atoms. The number of ether oxygens (including phenoxy) is 2. The van der Waals surface area contributed by atoms with Crippen LogP contribution in [0.5, 0.6) is 11.5 Å². The van der Waals surface area contributed by atoms with E-state index in [1.54, 1.807) is 26.5 Å². The number of benzene rings is 1. The number of amides is 2. The minimum absolute atomic E-state index is 0.0104. The highest BCUT2D eigenvalue weighted by Crippen LogP contribution is 2.38. The zero-order valence-corrected chi connectivity index (χ0v) is 14.8. The molecule has 1 saturated heterocycles. The van der Waals surface area contributed by atoms with Crippen molar-refractivity contribution in [3.05, 3.63) is 47.8 Å². The maximum Gasteiger partial charge on any atom is 0.322 e. The van der Waals surface area contributed by atoms with E-state index in [1.807, 2.05) is 36.1 Å². The van der Waals surface area contributed by atoms with E-state index in [0.717, 1.165) is 47.8 Å². The largest absolute Gasteiger partial charge is 0.497 e. The number of aryl methyl sites for hydroxylation is 1. The van der Waals surface area contributed by atoms with Gasteiger partial charge in [-0.25, -0.2) is 4.79 Å². The monoisotopic (exact) mass is 341 g/mol. The van der Waals surface area contributed by atoms with Crippen LogP contribution in [-0.4, -0.2) is 36.7 Å². The van der Waals surface area contributed by atoms with Crippen LogP contribution in [0.25, 0.3) is 0 Å². The molecule has 3 rings (SSSR count). The maximum absolute atomic E-state index is 12.8. The fraction of sp³-hybridized carbons (Fsp3) is 0.368. The molecular formula is C19H23N3O3. The van der Waals surface area contributed by atoms with Gasteiger partial charge in [-0.3, -0.25) is 4.98 Å². The van der Waals surface area contributed by atoms with Crippen LogP contribution in [0.15, 0.2) is 36.5 Å². The van der Waals surface area contributed by atoms with Crippen molar-refractivity contribution in [3.8, 4) is 11.5 Å². The Balaban J connectivity index is 1.81. The maximum atomic E-state index is 12.8. The van der Waals surface area contributed by atoms with E-state index in [4.69, 9.17) is 9.47 Å². The molecule has 0 spiro atoms. The summed E-state index contributed by atoms with van der Waals surface area (Å²) in [7, 11) is 3.26. The van der Waals surface area contributed by atoms with Crippen molar-refractivity contribution in [2.24, 2.45) is 0 Å². The summed E-state index contributed by atoms with van der Waals surface area (Å²) in [4.78, 5) is 18.8. The number of carbonyl (C=O) groups excluding carboxylic acids is 1. The van der Waals surface area contributed by atoms with E-state index in [9.17, 15) is 4.79 Å². The summed E-state index contributed by atoms with van der Waals surface area (Å²) in [6.07, 6.45) is 3.56. The number of nitrogens with zero attached hydrogens (tertiary/aromatic N) is 2. The van der Waals surface area contributed by atoms with Gasteiger partial charge in [0.1, 0.15) is 11.5 Å². The fourth-order valence-corrected chi connectivity index (χ4v) is 3.25. The first kappa shape index (κ1) is 17.1. The Labute approximate surface area is 147 Å². The van der Waals surface area contributed by atoms with Gasteiger partial charge in [0.25, 0.3) is 0 Å². The van der Waals surface area contributed by atoms with Crippen molar-refractivity contribution >= 4 is 11.7 Å². The fourth-order valence-electron chi connectivity index (χ4n) is 3.25. The van der Waals surface area contributed by atoms with Gasteiger partial charge in [0.05, 0.1) is 20.3 Å². The third-order valence-electron chi connectivity index (χ3n) is 4.46. The Morgan fingerprint density at radius 1 is 1.24 bits per heavy atom. The zero-order chi connectivity index (χ0) is 17.8. The number of anilines is 1. The van der Waals surface area contributed by atoms with E-state index in [-0.39, 0.29) is 12.1 Å². The van der Waals surface area contributed by atoms with Crippen LogP contribution in [-0.2, 0) is 0 Å². The molecule has 1 atom stereocenters. The lowest BCUT2D eigenvalue weighted by Gasteiger charge is -2.26. The standard InChI is InChI=1S/C19H23N3O3/c1-13-11-14(8-9-20-13)21-19(23)22-10-4-5-17(22)16-7-6-15(24-2)12-18(16)25-3/h6-9,11-12,17H,4-5,10H2,1-3H3,(H,20,21,23)/t17-/m1/s1. The van der Waals surface area contributed by atoms with E-state index in [1.165, 1.54) is 0 Å². The minimum atomic E-state index is -0.106. The molecular weight excluding hydrogens is 318 g/mol. The SMILES string of the molecule is COc1ccc([C@H]2CCCN2C(=O)Nc2ccnc(C)c2)c(OC)c1. The number of likely N-dealkylation sites (tertiary alicyclic amines) is 1. The topological polar surface area (TPSA) is 63.7 Å². The second-order valence-corrected chi connectivity index (χ2v) is 6.08. The first-order valence-electron chi connectivity index (χ1n) is 8.34. The van der Waals surface area contributed by atoms with Crippen LogP contribution in [0.1, 0.15) is 30.1 Å². The quantitative estimate of drug-likeness (QED) is 0.919. The molecule has 2 amide bonds. The Morgan fingerprint density at radius 3 is 2.80 bits per heavy atom. The number of hydrogen-bond donors (Lipinski definition) is 1. The summed E-state index contributed by atoms with van der Waals surface area (Å²) in [6.45, 7) is 2.62. The number of urea groups is 1. The predicted octanol–water partition coefficient (Wildman–Crippen LogP) is 3.78. The molecule has 1 fully saturated rings. The highest BCUT2D eigenvalue weighted by atomic mass is 16.5. The van der Waals surface area contributed by atoms with E-state index >= 15 is 0 Å². The molecule has 0 saturated carbocycles. The molecule has 1 N–H and O–H groups in total. The molecule has 0 aliphatic carbocycles. The molecule has 6 nitrogen and oxygen atoms in total. The number of methoxy groups -OCH3 is 2. The number of carbonyl (C=O) groups is 1. The number of nitrogens with one attached hydrogen (secondary N) is 1. The summed E-state index contributed by atoms with van der Waals surface area (Å²) in [5, 5.41) is 2.97. The summed E-state index contributed by atoms with van der Waals surface area (Å²) < 4.78 is 10.8. The summed E-state index contributed by atoms with van der Waals surface area (Å²) in [6, 6.07) is 9.27. The molecule has 2 heterocycles. The van der Waals surface area contributed by atoms with E-state index in [0.29, 0.717) is 0 Å². The Hall–Kier alpha value is -2.76. The molecule has 25 heavy (non-hydrogen) atoms. The number of hydrogen-bond acceptors (Lipinski definition) is 4. The Morgan fingerprint density at radius 2 is 2.08 bits per heavy atom. The highest BCUT2D eigenvalue weighted by molar-refractivity contribution is 5.89. The smallest absolute Gasteiger partial charge is 0.322 e. The third kappa shape index (κ3) is 3.68. The molecule has 6 heteroatoms. The molecule has 1 aliphatic heterocycles. The molecule has 0 unspecified atom stereocenters. The van der Waals surface area contributed by atoms with Crippen molar-refractivity contribution < 1.29 is 14.3 Å². The molecule has 2 aromatic rings. The lowest BCUT2D eigenvalue weighted by atomic mass is 10.0. The van der Waals surface area contributed by atoms with Gasteiger partial charge in [0, 0.05) is 35.8 Å². The lowest BCUT2D eigenvalue weighted by Crippen LogP contribution is -2.34. The van der Waals surface area contributed by atoms with Crippen LogP contribution in [0.3, 0.4) is 0 Å². The summed E-state index contributed by atoms with van der Waals surface area (Å²) >= 11 is 0. The zero-order valence-electron chi connectivity index (χ0n) is 14.8. The van der Waals surface area contributed by atoms with Crippen molar-refractivity contribution in [3.63, 3.8) is 0 Å². The average molecular weight is 341 g/mol. The average Bonchev–Trinajstić information content (AvgIpc) is 3.10. The number of aromatic nitrogens is 1. The van der Waals surface area contributed by atoms with Crippen LogP contribution in [0.2, 0.25) is 0 Å². The van der Waals surface area contributed by atoms with Gasteiger partial charge in [0.15, 0.2) is 0 Å². The lowest BCUT2D eigenvalue weighted by molar-refractivity contribution is 0.206. The number of rotatable bonds is 4. The third-order valence-corrected chi connectivity index (χ3v) is 4.46. The van der Waals surface area contributed by atoms with Crippen LogP contribution >= 0.6 is 0 Å². The molecule has 132 valence electrons. The normalized spacial score (nSPS) is 16.6. The second kappa shape index (κ2) is 7.42. The summed E-state index contributed by atoms with van der Waals surface area (Å²) in [5.74, 6) is 1.48. The molecule has 1 aliphatic rings. The van der Waals surface area contributed by atoms with Gasteiger partial charge in [0.2, 0.25) is 0 Å². The highest BCUT2D eigenvalue weighted by Gasteiger charge is 2.32. The van der Waals surface area contributed by atoms with Crippen molar-refractivity contribution in [1.29, 1.82) is 0 Å². The van der Waals surface area contributed by atoms with Crippen molar-refractivity contribution in [1.82, 2.24) is 9.88 Å². The first-order valence-corrected chi connectivity index (χ1v) is 8.34. The van der Waals surface area contributed by atoms with E-state index in [2.05, 4.69) is 10.3 Å². The van der Waals surface area contributed by atoms with Gasteiger partial charge in [-0.2, -0.15) is 0 Å². The second-order valence-electron chi connectivity index (χ2n) is 6.08. The van der Waals surface area contributed by atoms with Gasteiger partial charge in [-0.05, 0) is 44.0 Å². The molecule has 1 aromatic heterocycles. The Bertz CT molecular complexity index is 763. The van der Waals surface area contributed by atoms with Gasteiger partial charge >= 0.3 is 6.03 Å². The van der Waals surface area contributed by atoms with Gasteiger partial charge < -0.3 is 19.7 Å². The molecule has 0 radical (unpaired) electrons. The minimum Gasteiger partial charge on any atom is -0.497 e. The first-order chi connectivity index (χ1) is 12.1. The van der Waals surface area contributed by atoms with Gasteiger partial charge in [-0.1, -0.05) is 0 Å². The van der Waals surface area contributed by atoms with E-state index < -0.39 is 0 Å². The number of pyridine rings is 1. The Kier molecular flexibility index (Phi) is 5.07. The van der Waals surface area contributed by atoms with Gasteiger partial charge in [-0.15, -0.1) is 0 Å². The van der Waals surface area contributed by atoms with Crippen molar-refractivity contribution in [2.45, 2.75) is 25.8 Å². The van der Waals surface area contributed by atoms with Crippen LogP contribution < -0.4 is 14.8 Å². The predicted molar refractivity (Wildman–Crippen MR) is 96.2 cm³/mol.